The number of amides is 1. The molecule has 1 aromatic carbocycles. The van der Waals surface area contributed by atoms with E-state index < -0.39 is 24.2 Å². The molecule has 42 heavy (non-hydrogen) atoms. The third-order valence-electron chi connectivity index (χ3n) is 10.0. The fraction of sp³-hybridized carbons (Fsp3) is 0.645. The normalized spacial score (nSPS) is 37.0. The summed E-state index contributed by atoms with van der Waals surface area (Å²) in [6, 6.07) is 8.90. The lowest BCUT2D eigenvalue weighted by Gasteiger charge is -2.55. The molecular weight excluding hydrogens is 539 g/mol. The number of ether oxygens (including phenoxy) is 2. The van der Waals surface area contributed by atoms with Crippen molar-refractivity contribution >= 4 is 11.7 Å². The van der Waals surface area contributed by atoms with E-state index in [-0.39, 0.29) is 49.1 Å². The number of hydrogen-bond acceptors (Lipinski definition) is 9. The quantitative estimate of drug-likeness (QED) is 0.485. The van der Waals surface area contributed by atoms with Gasteiger partial charge in [0.05, 0.1) is 37.3 Å². The maximum atomic E-state index is 15.9. The number of carbonyl (C=O) groups is 2. The number of ketones is 1. The summed E-state index contributed by atoms with van der Waals surface area (Å²) >= 11 is 0. The van der Waals surface area contributed by atoms with E-state index in [1.54, 1.807) is 4.90 Å². The molecule has 5 aliphatic rings. The van der Waals surface area contributed by atoms with Crippen molar-refractivity contribution in [2.45, 2.75) is 80.9 Å². The monoisotopic (exact) mass is 580 g/mol. The van der Waals surface area contributed by atoms with Gasteiger partial charge in [-0.15, -0.1) is 0 Å². The first-order valence-electron chi connectivity index (χ1n) is 15.2. The maximum absolute atomic E-state index is 15.9. The third kappa shape index (κ3) is 5.24. The summed E-state index contributed by atoms with van der Waals surface area (Å²) in [6.07, 6.45) is 2.30. The Morgan fingerprint density at radius 2 is 2.10 bits per heavy atom. The minimum absolute atomic E-state index is 0.143. The zero-order chi connectivity index (χ0) is 29.4. The number of nitriles is 1. The van der Waals surface area contributed by atoms with Gasteiger partial charge >= 0.3 is 0 Å². The van der Waals surface area contributed by atoms with Crippen LogP contribution in [-0.2, 0) is 20.7 Å². The van der Waals surface area contributed by atoms with E-state index in [9.17, 15) is 14.9 Å². The zero-order valence-corrected chi connectivity index (χ0v) is 24.2. The van der Waals surface area contributed by atoms with Crippen molar-refractivity contribution in [2.75, 3.05) is 39.8 Å². The molecule has 10 nitrogen and oxygen atoms in total. The molecule has 0 aromatic heterocycles. The lowest BCUT2D eigenvalue weighted by molar-refractivity contribution is -0.167. The fourth-order valence-electron chi connectivity index (χ4n) is 7.65. The van der Waals surface area contributed by atoms with Crippen LogP contribution in [0.15, 0.2) is 36.9 Å². The number of nitrogens with one attached hydrogen (secondary N) is 2. The number of halogens is 1. The molecule has 4 heterocycles. The minimum atomic E-state index is -1.54. The van der Waals surface area contributed by atoms with E-state index >= 15 is 4.39 Å². The Labute approximate surface area is 246 Å². The summed E-state index contributed by atoms with van der Waals surface area (Å²) in [6.45, 7) is 6.63. The Balaban J connectivity index is 1.26. The highest BCUT2D eigenvalue weighted by Gasteiger charge is 2.60. The number of likely N-dealkylation sites (N-methyl/N-ethyl adjacent to an activating group) is 1. The number of likely N-dealkylation sites (tertiary alicyclic amines) is 1. The van der Waals surface area contributed by atoms with Crippen molar-refractivity contribution in [2.24, 2.45) is 5.92 Å². The first-order chi connectivity index (χ1) is 20.3. The summed E-state index contributed by atoms with van der Waals surface area (Å²) in [5, 5.41) is 16.5. The molecule has 0 radical (unpaired) electrons. The maximum Gasteiger partial charge on any atom is 0.246 e. The molecule has 1 amide bonds. The van der Waals surface area contributed by atoms with Crippen molar-refractivity contribution in [3.63, 3.8) is 0 Å². The molecule has 11 heteroatoms. The van der Waals surface area contributed by atoms with Crippen molar-refractivity contribution in [3.05, 3.63) is 42.5 Å². The summed E-state index contributed by atoms with van der Waals surface area (Å²) in [5.41, 5.74) is -0.766. The SMILES string of the molecule is C=CC(=O)N1CCN(C2NC(OCC3CCCN3C)NC3C(=O)[C@@]4(CCC32)Oc2ccccc2CC4F)CC1CC#N. The number of rotatable bonds is 6. The van der Waals surface area contributed by atoms with Gasteiger partial charge in [-0.25, -0.2) is 4.39 Å². The van der Waals surface area contributed by atoms with E-state index in [4.69, 9.17) is 9.47 Å². The van der Waals surface area contributed by atoms with E-state index in [1.807, 2.05) is 24.3 Å². The molecule has 3 saturated heterocycles. The smallest absolute Gasteiger partial charge is 0.246 e. The number of piperazine rings is 1. The van der Waals surface area contributed by atoms with Gasteiger partial charge in [0.2, 0.25) is 5.91 Å². The van der Waals surface area contributed by atoms with Crippen LogP contribution in [0, 0.1) is 17.2 Å². The summed E-state index contributed by atoms with van der Waals surface area (Å²) in [7, 11) is 2.09. The number of hydrogen-bond donors (Lipinski definition) is 2. The molecule has 2 N–H and O–H groups in total. The number of para-hydroxylation sites is 1. The summed E-state index contributed by atoms with van der Waals surface area (Å²) in [5.74, 6) is -0.0584. The van der Waals surface area contributed by atoms with Gasteiger partial charge in [0.25, 0.3) is 0 Å². The Kier molecular flexibility index (Phi) is 8.35. The van der Waals surface area contributed by atoms with Crippen molar-refractivity contribution in [3.8, 4) is 11.8 Å². The Bertz CT molecular complexity index is 1240. The molecule has 4 aliphatic heterocycles. The van der Waals surface area contributed by atoms with Crippen LogP contribution in [0.4, 0.5) is 4.39 Å². The molecule has 6 rings (SSSR count). The average Bonchev–Trinajstić information content (AvgIpc) is 3.42. The van der Waals surface area contributed by atoms with Crippen molar-refractivity contribution < 1.29 is 23.5 Å². The number of benzene rings is 1. The number of fused-ring (bicyclic) bond motifs is 2. The van der Waals surface area contributed by atoms with Crippen LogP contribution >= 0.6 is 0 Å². The molecule has 1 saturated carbocycles. The van der Waals surface area contributed by atoms with E-state index in [0.717, 1.165) is 24.9 Å². The van der Waals surface area contributed by atoms with E-state index in [2.05, 4.69) is 40.1 Å². The van der Waals surface area contributed by atoms with Crippen LogP contribution in [0.1, 0.15) is 37.7 Å². The number of alkyl halides is 1. The Morgan fingerprint density at radius 3 is 2.86 bits per heavy atom. The molecule has 1 spiro atoms. The number of Topliss-reactive ketones (excluding diaryl/α,β-unsaturated/α-hetero) is 1. The van der Waals surface area contributed by atoms with Crippen LogP contribution in [0.5, 0.6) is 5.75 Å². The second kappa shape index (κ2) is 12.0. The first kappa shape index (κ1) is 29.2. The fourth-order valence-corrected chi connectivity index (χ4v) is 7.65. The largest absolute Gasteiger partial charge is 0.476 e. The van der Waals surface area contributed by atoms with Crippen LogP contribution in [0.2, 0.25) is 0 Å². The number of carbonyl (C=O) groups excluding carboxylic acids is 2. The highest BCUT2D eigenvalue weighted by Crippen LogP contribution is 2.45. The predicted molar refractivity (Wildman–Crippen MR) is 153 cm³/mol. The Hall–Kier alpha value is -2.88. The van der Waals surface area contributed by atoms with Crippen LogP contribution in [0.25, 0.3) is 0 Å². The van der Waals surface area contributed by atoms with Crippen LogP contribution in [-0.4, -0.2) is 109 Å². The van der Waals surface area contributed by atoms with Gasteiger partial charge in [0.1, 0.15) is 5.75 Å². The highest BCUT2D eigenvalue weighted by atomic mass is 19.1. The molecule has 7 unspecified atom stereocenters. The van der Waals surface area contributed by atoms with Gasteiger partial charge in [-0.2, -0.15) is 5.26 Å². The van der Waals surface area contributed by atoms with Gasteiger partial charge in [-0.3, -0.25) is 25.1 Å². The molecule has 226 valence electrons. The summed E-state index contributed by atoms with van der Waals surface area (Å²) in [4.78, 5) is 33.1. The first-order valence-corrected chi connectivity index (χ1v) is 15.2. The van der Waals surface area contributed by atoms with E-state index in [0.29, 0.717) is 44.5 Å². The van der Waals surface area contributed by atoms with Gasteiger partial charge in [-0.1, -0.05) is 24.8 Å². The van der Waals surface area contributed by atoms with Gasteiger partial charge in [0.15, 0.2) is 23.9 Å². The van der Waals surface area contributed by atoms with Crippen LogP contribution < -0.4 is 15.4 Å². The lowest BCUT2D eigenvalue weighted by atomic mass is 9.68. The van der Waals surface area contributed by atoms with Crippen molar-refractivity contribution in [1.82, 2.24) is 25.3 Å². The Morgan fingerprint density at radius 1 is 1.26 bits per heavy atom. The van der Waals surface area contributed by atoms with E-state index in [1.165, 1.54) is 6.08 Å². The number of nitrogens with zero attached hydrogens (tertiary/aromatic N) is 4. The second-order valence-corrected chi connectivity index (χ2v) is 12.3. The van der Waals surface area contributed by atoms with Gasteiger partial charge in [-0.05, 0) is 57.0 Å². The molecule has 8 atom stereocenters. The average molecular weight is 581 g/mol. The third-order valence-corrected chi connectivity index (χ3v) is 10.0. The zero-order valence-electron chi connectivity index (χ0n) is 24.2. The molecule has 1 aromatic rings. The molecule has 4 fully saturated rings. The standard InChI is InChI=1S/C31H41FN6O4/c1-3-26(39)38-16-15-37(18-21(38)11-13-33)29-23-10-12-31(25(32)17-20-7-4-5-9-24(20)42-31)28(40)27(23)34-30(35-29)41-19-22-8-6-14-36(22)2/h3-5,7,9,21-23,25,27,29-30,34-35H,1,6,8,10-12,14-19H2,2H3/t21?,22?,23?,25?,27?,29?,30?,31-/m0/s1. The van der Waals surface area contributed by atoms with Crippen molar-refractivity contribution in [1.29, 1.82) is 5.26 Å². The minimum Gasteiger partial charge on any atom is -0.476 e. The second-order valence-electron chi connectivity index (χ2n) is 12.3. The molecule has 0 bridgehead atoms. The predicted octanol–water partition coefficient (Wildman–Crippen LogP) is 1.57. The molecule has 1 aliphatic carbocycles. The lowest BCUT2D eigenvalue weighted by Crippen LogP contribution is -2.77. The van der Waals surface area contributed by atoms with Crippen LogP contribution in [0.3, 0.4) is 0 Å². The summed E-state index contributed by atoms with van der Waals surface area (Å²) < 4.78 is 28.6. The highest BCUT2D eigenvalue weighted by molar-refractivity contribution is 5.95. The topological polar surface area (TPSA) is 110 Å². The van der Waals surface area contributed by atoms with Gasteiger partial charge in [0, 0.05) is 38.0 Å². The van der Waals surface area contributed by atoms with Gasteiger partial charge < -0.3 is 19.3 Å². The molecular formula is C31H41FN6O4.